The molecule has 2 aromatic carbocycles. The van der Waals surface area contributed by atoms with E-state index in [0.29, 0.717) is 34.1 Å². The highest BCUT2D eigenvalue weighted by atomic mass is 35.5. The lowest BCUT2D eigenvalue weighted by molar-refractivity contribution is -0.139. The van der Waals surface area contributed by atoms with Gasteiger partial charge in [0.25, 0.3) is 0 Å². The van der Waals surface area contributed by atoms with Gasteiger partial charge in [0, 0.05) is 16.5 Å². The molecule has 0 aliphatic carbocycles. The quantitative estimate of drug-likeness (QED) is 0.398. The number of benzene rings is 2. The number of rotatable bonds is 6. The first-order valence-electron chi connectivity index (χ1n) is 10.0. The summed E-state index contributed by atoms with van der Waals surface area (Å²) in [6, 6.07) is 15.4. The highest BCUT2D eigenvalue weighted by Crippen LogP contribution is 2.37. The Bertz CT molecular complexity index is 1120. The molecule has 6 nitrogen and oxygen atoms in total. The maximum Gasteiger partial charge on any atom is 0.338 e. The van der Waals surface area contributed by atoms with Gasteiger partial charge in [-0.05, 0) is 44.0 Å². The van der Waals surface area contributed by atoms with E-state index in [-0.39, 0.29) is 5.97 Å². The molecule has 1 N–H and O–H groups in total. The second-order valence-electron chi connectivity index (χ2n) is 7.28. The van der Waals surface area contributed by atoms with E-state index in [9.17, 15) is 4.79 Å². The maximum absolute atomic E-state index is 12.8. The molecule has 0 spiro atoms. The molecule has 0 fully saturated rings. The molecule has 1 aromatic heterocycles. The number of nitrogens with zero attached hydrogens (tertiary/aromatic N) is 3. The molecule has 0 saturated carbocycles. The fraction of sp³-hybridized carbons (Fsp3) is 0.261. The summed E-state index contributed by atoms with van der Waals surface area (Å²) in [5, 5.41) is 9.30. The summed E-state index contributed by atoms with van der Waals surface area (Å²) in [5.41, 5.74) is 4.49. The number of hydrogen-bond acceptors (Lipinski definition) is 6. The van der Waals surface area contributed by atoms with Crippen LogP contribution in [0.15, 0.2) is 65.0 Å². The molecule has 4 rings (SSSR count). The number of ether oxygens (including phenoxy) is 1. The van der Waals surface area contributed by atoms with Crippen molar-refractivity contribution in [1.82, 2.24) is 14.8 Å². The van der Waals surface area contributed by atoms with E-state index >= 15 is 0 Å². The van der Waals surface area contributed by atoms with E-state index in [4.69, 9.17) is 21.4 Å². The van der Waals surface area contributed by atoms with Crippen LogP contribution < -0.4 is 5.32 Å². The Morgan fingerprint density at radius 1 is 1.16 bits per heavy atom. The fourth-order valence-electron chi connectivity index (χ4n) is 3.45. The predicted molar refractivity (Wildman–Crippen MR) is 123 cm³/mol. The van der Waals surface area contributed by atoms with Gasteiger partial charge in [-0.1, -0.05) is 65.3 Å². The van der Waals surface area contributed by atoms with Gasteiger partial charge in [0.15, 0.2) is 0 Å². The first-order chi connectivity index (χ1) is 15.0. The molecule has 1 atom stereocenters. The molecular weight excluding hydrogens is 432 g/mol. The van der Waals surface area contributed by atoms with E-state index in [1.165, 1.54) is 11.8 Å². The molecule has 31 heavy (non-hydrogen) atoms. The normalized spacial score (nSPS) is 15.4. The van der Waals surface area contributed by atoms with Crippen LogP contribution in [0.3, 0.4) is 0 Å². The molecular formula is C23H23ClN4O2S. The van der Waals surface area contributed by atoms with Crippen molar-refractivity contribution < 1.29 is 9.53 Å². The third-order valence-electron chi connectivity index (χ3n) is 5.00. The second-order valence-corrected chi connectivity index (χ2v) is 8.65. The fourth-order valence-corrected chi connectivity index (χ4v) is 4.36. The Balaban J connectivity index is 1.67. The van der Waals surface area contributed by atoms with Gasteiger partial charge < -0.3 is 10.1 Å². The van der Waals surface area contributed by atoms with E-state index in [0.717, 1.165) is 22.4 Å². The van der Waals surface area contributed by atoms with Crippen LogP contribution in [0.25, 0.3) is 0 Å². The Morgan fingerprint density at radius 3 is 2.55 bits per heavy atom. The van der Waals surface area contributed by atoms with Crippen molar-refractivity contribution in [2.75, 3.05) is 11.9 Å². The molecule has 2 heterocycles. The largest absolute Gasteiger partial charge is 0.463 e. The average molecular weight is 455 g/mol. The Morgan fingerprint density at radius 2 is 1.87 bits per heavy atom. The average Bonchev–Trinajstić information content (AvgIpc) is 3.15. The van der Waals surface area contributed by atoms with Crippen molar-refractivity contribution >= 4 is 35.3 Å². The molecule has 0 bridgehead atoms. The SMILES string of the molecule is CCOC(=O)C1=C(C)Nc2nc(SCc3ccc(Cl)cc3)nn2C1c1ccc(C)cc1. The molecule has 3 aromatic rings. The van der Waals surface area contributed by atoms with Gasteiger partial charge in [-0.15, -0.1) is 5.10 Å². The van der Waals surface area contributed by atoms with E-state index in [1.54, 1.807) is 11.6 Å². The molecule has 0 saturated heterocycles. The van der Waals surface area contributed by atoms with Crippen molar-refractivity contribution in [2.45, 2.75) is 37.7 Å². The molecule has 160 valence electrons. The van der Waals surface area contributed by atoms with Crippen molar-refractivity contribution in [1.29, 1.82) is 0 Å². The lowest BCUT2D eigenvalue weighted by atomic mass is 9.95. The summed E-state index contributed by atoms with van der Waals surface area (Å²) in [5.74, 6) is 0.969. The number of carbonyl (C=O) groups excluding carboxylic acids is 1. The van der Waals surface area contributed by atoms with Gasteiger partial charge >= 0.3 is 5.97 Å². The monoisotopic (exact) mass is 454 g/mol. The number of carbonyl (C=O) groups is 1. The van der Waals surface area contributed by atoms with Crippen LogP contribution >= 0.6 is 23.4 Å². The van der Waals surface area contributed by atoms with Gasteiger partial charge in [-0.25, -0.2) is 9.48 Å². The van der Waals surface area contributed by atoms with Gasteiger partial charge in [0.05, 0.1) is 12.2 Å². The summed E-state index contributed by atoms with van der Waals surface area (Å²) in [7, 11) is 0. The zero-order valence-corrected chi connectivity index (χ0v) is 19.1. The van der Waals surface area contributed by atoms with Gasteiger partial charge in [0.1, 0.15) is 6.04 Å². The van der Waals surface area contributed by atoms with Gasteiger partial charge in [-0.2, -0.15) is 4.98 Å². The summed E-state index contributed by atoms with van der Waals surface area (Å²) in [6.07, 6.45) is 0. The smallest absolute Gasteiger partial charge is 0.338 e. The van der Waals surface area contributed by atoms with E-state index < -0.39 is 6.04 Å². The number of halogens is 1. The molecule has 8 heteroatoms. The first kappa shape index (κ1) is 21.5. The number of fused-ring (bicyclic) bond motifs is 1. The Labute approximate surface area is 190 Å². The number of thioether (sulfide) groups is 1. The predicted octanol–water partition coefficient (Wildman–Crippen LogP) is 5.38. The van der Waals surface area contributed by atoms with Crippen LogP contribution in [0.4, 0.5) is 5.95 Å². The standard InChI is InChI=1S/C23H23ClN4O2S/c1-4-30-21(29)19-15(3)25-22-26-23(31-13-16-7-11-18(24)12-8-16)27-28(22)20(19)17-9-5-14(2)6-10-17/h5-12,20H,4,13H2,1-3H3,(H,25,26,27). The zero-order valence-electron chi connectivity index (χ0n) is 17.6. The molecule has 1 unspecified atom stereocenters. The van der Waals surface area contributed by atoms with Crippen LogP contribution in [0.5, 0.6) is 0 Å². The zero-order chi connectivity index (χ0) is 22.0. The van der Waals surface area contributed by atoms with Crippen LogP contribution in [0.2, 0.25) is 5.02 Å². The van der Waals surface area contributed by atoms with Gasteiger partial charge in [-0.3, -0.25) is 0 Å². The number of esters is 1. The molecule has 1 aliphatic heterocycles. The van der Waals surface area contributed by atoms with Crippen molar-refractivity contribution in [3.63, 3.8) is 0 Å². The minimum atomic E-state index is -0.409. The topological polar surface area (TPSA) is 69.0 Å². The van der Waals surface area contributed by atoms with Gasteiger partial charge in [0.2, 0.25) is 11.1 Å². The minimum absolute atomic E-state index is 0.308. The van der Waals surface area contributed by atoms with E-state index in [1.807, 2.05) is 62.4 Å². The molecule has 1 aliphatic rings. The second kappa shape index (κ2) is 9.16. The number of aromatic nitrogens is 3. The Hall–Kier alpha value is -2.77. The van der Waals surface area contributed by atoms with Crippen LogP contribution in [0, 0.1) is 6.92 Å². The lowest BCUT2D eigenvalue weighted by Crippen LogP contribution is -2.29. The maximum atomic E-state index is 12.8. The summed E-state index contributed by atoms with van der Waals surface area (Å²) >= 11 is 7.50. The van der Waals surface area contributed by atoms with Crippen LogP contribution in [-0.4, -0.2) is 27.3 Å². The highest BCUT2D eigenvalue weighted by Gasteiger charge is 2.35. The van der Waals surface area contributed by atoms with Crippen LogP contribution in [0.1, 0.15) is 36.6 Å². The Kier molecular flexibility index (Phi) is 6.34. The van der Waals surface area contributed by atoms with Crippen molar-refractivity contribution in [3.05, 3.63) is 81.5 Å². The third-order valence-corrected chi connectivity index (χ3v) is 6.16. The number of allylic oxidation sites excluding steroid dienone is 1. The van der Waals surface area contributed by atoms with Crippen molar-refractivity contribution in [2.24, 2.45) is 0 Å². The number of nitrogens with one attached hydrogen (secondary N) is 1. The highest BCUT2D eigenvalue weighted by molar-refractivity contribution is 7.98. The summed E-state index contributed by atoms with van der Waals surface area (Å²) < 4.78 is 7.12. The lowest BCUT2D eigenvalue weighted by Gasteiger charge is -2.28. The minimum Gasteiger partial charge on any atom is -0.463 e. The van der Waals surface area contributed by atoms with Crippen LogP contribution in [-0.2, 0) is 15.3 Å². The van der Waals surface area contributed by atoms with Crippen molar-refractivity contribution in [3.8, 4) is 0 Å². The third kappa shape index (κ3) is 4.62. The summed E-state index contributed by atoms with van der Waals surface area (Å²) in [4.78, 5) is 17.5. The first-order valence-corrected chi connectivity index (χ1v) is 11.4. The summed E-state index contributed by atoms with van der Waals surface area (Å²) in [6.45, 7) is 6.01. The number of hydrogen-bond donors (Lipinski definition) is 1. The molecule has 0 radical (unpaired) electrons. The van der Waals surface area contributed by atoms with E-state index in [2.05, 4.69) is 10.3 Å². The number of aryl methyl sites for hydroxylation is 1. The number of anilines is 1. The molecule has 0 amide bonds.